The molecule has 0 fully saturated rings. The maximum Gasteiger partial charge on any atom is 0.417 e. The van der Waals surface area contributed by atoms with Gasteiger partial charge in [-0.2, -0.15) is 0 Å². The van der Waals surface area contributed by atoms with E-state index >= 15 is 0 Å². The van der Waals surface area contributed by atoms with Crippen LogP contribution in [0.4, 0.5) is 5.69 Å². The molecule has 0 spiro atoms. The quantitative estimate of drug-likeness (QED) is 0.762. The number of nitrogens with zero attached hydrogens (tertiary/aromatic N) is 1. The van der Waals surface area contributed by atoms with Gasteiger partial charge >= 0.3 is 5.76 Å². The van der Waals surface area contributed by atoms with Gasteiger partial charge in [0.15, 0.2) is 5.58 Å². The Labute approximate surface area is 98.0 Å². The number of hydrogen-bond donors (Lipinski definition) is 2. The standard InChI is InChI=1S/C11H15N3O3/c1-14(2)3-4-16-9-6-8-10(5-7(9)12)17-11(15)13-8/h5-6H,3-4,12H2,1-2H3,(H,13,15). The van der Waals surface area contributed by atoms with E-state index in [-0.39, 0.29) is 0 Å². The first-order valence-electron chi connectivity index (χ1n) is 5.26. The van der Waals surface area contributed by atoms with Gasteiger partial charge < -0.3 is 19.8 Å². The lowest BCUT2D eigenvalue weighted by Gasteiger charge is -2.12. The van der Waals surface area contributed by atoms with Crippen LogP contribution in [0, 0.1) is 0 Å². The van der Waals surface area contributed by atoms with Crippen LogP contribution in [0.2, 0.25) is 0 Å². The first-order chi connectivity index (χ1) is 8.06. The number of likely N-dealkylation sites (N-methyl/N-ethyl adjacent to an activating group) is 1. The minimum Gasteiger partial charge on any atom is -0.490 e. The smallest absolute Gasteiger partial charge is 0.417 e. The lowest BCUT2D eigenvalue weighted by Crippen LogP contribution is -2.19. The largest absolute Gasteiger partial charge is 0.490 e. The maximum absolute atomic E-state index is 11.0. The minimum atomic E-state index is -0.496. The summed E-state index contributed by atoms with van der Waals surface area (Å²) in [6.45, 7) is 1.32. The molecule has 17 heavy (non-hydrogen) atoms. The van der Waals surface area contributed by atoms with Crippen LogP contribution in [-0.2, 0) is 0 Å². The molecule has 0 radical (unpaired) electrons. The van der Waals surface area contributed by atoms with Gasteiger partial charge in [0.05, 0.1) is 11.2 Å². The molecule has 3 N–H and O–H groups in total. The summed E-state index contributed by atoms with van der Waals surface area (Å²) in [7, 11) is 3.92. The Hall–Kier alpha value is -1.95. The fourth-order valence-electron chi connectivity index (χ4n) is 1.46. The van der Waals surface area contributed by atoms with Crippen molar-refractivity contribution >= 4 is 16.8 Å². The van der Waals surface area contributed by atoms with Crippen molar-refractivity contribution in [2.75, 3.05) is 33.0 Å². The Morgan fingerprint density at radius 1 is 1.47 bits per heavy atom. The van der Waals surface area contributed by atoms with Crippen LogP contribution in [0.3, 0.4) is 0 Å². The first kappa shape index (κ1) is 11.5. The molecule has 92 valence electrons. The molecule has 0 bridgehead atoms. The number of nitrogen functional groups attached to an aromatic ring is 1. The topological polar surface area (TPSA) is 84.5 Å². The average Bonchev–Trinajstić information content (AvgIpc) is 2.57. The molecular formula is C11H15N3O3. The van der Waals surface area contributed by atoms with E-state index < -0.39 is 5.76 Å². The summed E-state index contributed by atoms with van der Waals surface area (Å²) in [5.74, 6) is 0.0567. The number of aromatic amines is 1. The van der Waals surface area contributed by atoms with Crippen molar-refractivity contribution in [1.82, 2.24) is 9.88 Å². The van der Waals surface area contributed by atoms with Gasteiger partial charge in [0.2, 0.25) is 0 Å². The molecule has 6 heteroatoms. The molecule has 1 aromatic carbocycles. The Kier molecular flexibility index (Phi) is 3.06. The van der Waals surface area contributed by atoms with Crippen LogP contribution < -0.4 is 16.2 Å². The number of rotatable bonds is 4. The van der Waals surface area contributed by atoms with Crippen LogP contribution in [0.1, 0.15) is 0 Å². The average molecular weight is 237 g/mol. The van der Waals surface area contributed by atoms with Crippen LogP contribution in [0.25, 0.3) is 11.1 Å². The Balaban J connectivity index is 2.21. The summed E-state index contributed by atoms with van der Waals surface area (Å²) in [5, 5.41) is 0. The SMILES string of the molecule is CN(C)CCOc1cc2[nH]c(=O)oc2cc1N. The Bertz CT molecular complexity index is 571. The van der Waals surface area contributed by atoms with E-state index in [1.54, 1.807) is 12.1 Å². The molecule has 0 amide bonds. The molecule has 0 aliphatic carbocycles. The lowest BCUT2D eigenvalue weighted by atomic mass is 10.2. The maximum atomic E-state index is 11.0. The molecule has 1 aromatic heterocycles. The van der Waals surface area contributed by atoms with Gasteiger partial charge in [0.1, 0.15) is 12.4 Å². The van der Waals surface area contributed by atoms with Crippen molar-refractivity contribution in [1.29, 1.82) is 0 Å². The van der Waals surface area contributed by atoms with E-state index in [1.165, 1.54) is 0 Å². The van der Waals surface area contributed by atoms with Crippen LogP contribution >= 0.6 is 0 Å². The highest BCUT2D eigenvalue weighted by Gasteiger charge is 2.07. The summed E-state index contributed by atoms with van der Waals surface area (Å²) >= 11 is 0. The van der Waals surface area contributed by atoms with E-state index in [1.807, 2.05) is 19.0 Å². The Morgan fingerprint density at radius 3 is 2.94 bits per heavy atom. The highest BCUT2D eigenvalue weighted by molar-refractivity contribution is 5.80. The molecular weight excluding hydrogens is 222 g/mol. The number of benzene rings is 1. The van der Waals surface area contributed by atoms with Gasteiger partial charge in [0.25, 0.3) is 0 Å². The molecule has 0 aliphatic rings. The number of nitrogens with two attached hydrogens (primary N) is 1. The number of anilines is 1. The van der Waals surface area contributed by atoms with Crippen LogP contribution in [0.5, 0.6) is 5.75 Å². The number of oxazole rings is 1. The third kappa shape index (κ3) is 2.59. The summed E-state index contributed by atoms with van der Waals surface area (Å²) in [6.07, 6.45) is 0. The van der Waals surface area contributed by atoms with Crippen molar-refractivity contribution in [3.8, 4) is 5.75 Å². The van der Waals surface area contributed by atoms with E-state index in [0.29, 0.717) is 29.1 Å². The van der Waals surface area contributed by atoms with Crippen molar-refractivity contribution in [3.05, 3.63) is 22.7 Å². The molecule has 0 saturated heterocycles. The van der Waals surface area contributed by atoms with Crippen molar-refractivity contribution in [2.24, 2.45) is 0 Å². The van der Waals surface area contributed by atoms with E-state index in [2.05, 4.69) is 4.98 Å². The van der Waals surface area contributed by atoms with Gasteiger partial charge in [-0.25, -0.2) is 4.79 Å². The zero-order valence-electron chi connectivity index (χ0n) is 9.82. The fraction of sp³-hybridized carbons (Fsp3) is 0.364. The van der Waals surface area contributed by atoms with E-state index in [4.69, 9.17) is 14.9 Å². The molecule has 1 heterocycles. The second-order valence-electron chi connectivity index (χ2n) is 4.05. The normalized spacial score (nSPS) is 11.2. The van der Waals surface area contributed by atoms with Gasteiger partial charge in [-0.3, -0.25) is 4.98 Å². The summed E-state index contributed by atoms with van der Waals surface area (Å²) in [5.41, 5.74) is 7.28. The highest BCUT2D eigenvalue weighted by Crippen LogP contribution is 2.26. The van der Waals surface area contributed by atoms with Crippen LogP contribution in [-0.4, -0.2) is 37.1 Å². The van der Waals surface area contributed by atoms with E-state index in [0.717, 1.165) is 6.54 Å². The molecule has 2 aromatic rings. The molecule has 2 rings (SSSR count). The number of hydrogen-bond acceptors (Lipinski definition) is 5. The lowest BCUT2D eigenvalue weighted by molar-refractivity contribution is 0.262. The van der Waals surface area contributed by atoms with Gasteiger partial charge in [-0.05, 0) is 14.1 Å². The number of ether oxygens (including phenoxy) is 1. The third-order valence-corrected chi connectivity index (χ3v) is 2.35. The predicted molar refractivity (Wildman–Crippen MR) is 65.3 cm³/mol. The molecule has 0 atom stereocenters. The predicted octanol–water partition coefficient (Wildman–Crippen LogP) is 0.644. The number of fused-ring (bicyclic) bond motifs is 1. The minimum absolute atomic E-state index is 0.437. The zero-order valence-corrected chi connectivity index (χ0v) is 9.82. The summed E-state index contributed by atoms with van der Waals surface area (Å²) < 4.78 is 10.4. The first-order valence-corrected chi connectivity index (χ1v) is 5.26. The van der Waals surface area contributed by atoms with Gasteiger partial charge in [-0.15, -0.1) is 0 Å². The second kappa shape index (κ2) is 4.50. The highest BCUT2D eigenvalue weighted by atomic mass is 16.5. The third-order valence-electron chi connectivity index (χ3n) is 2.35. The number of H-pyrrole nitrogens is 1. The molecule has 0 aliphatic heterocycles. The summed E-state index contributed by atoms with van der Waals surface area (Å²) in [4.78, 5) is 15.6. The Morgan fingerprint density at radius 2 is 2.24 bits per heavy atom. The fourth-order valence-corrected chi connectivity index (χ4v) is 1.46. The second-order valence-corrected chi connectivity index (χ2v) is 4.05. The summed E-state index contributed by atoms with van der Waals surface area (Å²) in [6, 6.07) is 3.25. The van der Waals surface area contributed by atoms with Gasteiger partial charge in [-0.1, -0.05) is 0 Å². The van der Waals surface area contributed by atoms with Gasteiger partial charge in [0, 0.05) is 18.7 Å². The molecule has 0 saturated carbocycles. The molecule has 6 nitrogen and oxygen atoms in total. The number of nitrogens with one attached hydrogen (secondary N) is 1. The van der Waals surface area contributed by atoms with Crippen molar-refractivity contribution in [2.45, 2.75) is 0 Å². The number of aromatic nitrogens is 1. The van der Waals surface area contributed by atoms with E-state index in [9.17, 15) is 4.79 Å². The van der Waals surface area contributed by atoms with Crippen molar-refractivity contribution in [3.63, 3.8) is 0 Å². The molecule has 0 unspecified atom stereocenters. The van der Waals surface area contributed by atoms with Crippen LogP contribution in [0.15, 0.2) is 21.3 Å². The van der Waals surface area contributed by atoms with Crippen molar-refractivity contribution < 1.29 is 9.15 Å². The zero-order chi connectivity index (χ0) is 12.4. The monoisotopic (exact) mass is 237 g/mol.